The summed E-state index contributed by atoms with van der Waals surface area (Å²) in [6.07, 6.45) is 0. The van der Waals surface area contributed by atoms with Crippen LogP contribution in [0, 0.1) is 0 Å². The van der Waals surface area contributed by atoms with Crippen LogP contribution >= 0.6 is 24.8 Å². The second-order valence-electron chi connectivity index (χ2n) is 7.74. The predicted molar refractivity (Wildman–Crippen MR) is 142 cm³/mol. The van der Waals surface area contributed by atoms with Crippen molar-refractivity contribution >= 4 is 30.5 Å². The molecule has 1 aliphatic heterocycles. The topological polar surface area (TPSA) is 70.1 Å². The number of hydrogen-bond donors (Lipinski definition) is 0. The first-order valence-electron chi connectivity index (χ1n) is 10.7. The normalized spacial score (nSPS) is 11.7. The van der Waals surface area contributed by atoms with Crippen molar-refractivity contribution in [2.75, 3.05) is 7.11 Å². The maximum absolute atomic E-state index is 5.30. The van der Waals surface area contributed by atoms with Crippen LogP contribution in [-0.4, -0.2) is 37.5 Å². The lowest BCUT2D eigenvalue weighted by molar-refractivity contribution is 0.415. The Bertz CT molecular complexity index is 1460. The first-order chi connectivity index (χ1) is 16.3. The second-order valence-corrected chi connectivity index (χ2v) is 7.74. The zero-order valence-corrected chi connectivity index (χ0v) is 20.4. The van der Waals surface area contributed by atoms with Gasteiger partial charge >= 0.3 is 0 Å². The van der Waals surface area contributed by atoms with Gasteiger partial charge in [0.05, 0.1) is 25.1 Å². The van der Waals surface area contributed by atoms with E-state index in [1.165, 1.54) is 0 Å². The van der Waals surface area contributed by atoms with E-state index in [1.807, 2.05) is 70.0 Å². The van der Waals surface area contributed by atoms with E-state index in [0.29, 0.717) is 18.2 Å². The quantitative estimate of drug-likeness (QED) is 0.319. The Morgan fingerprint density at radius 1 is 0.714 bits per heavy atom. The van der Waals surface area contributed by atoms with Crippen molar-refractivity contribution in [3.63, 3.8) is 0 Å². The van der Waals surface area contributed by atoms with Crippen LogP contribution in [0.25, 0.3) is 34.2 Å². The van der Waals surface area contributed by atoms with Crippen molar-refractivity contribution < 1.29 is 4.74 Å². The molecule has 5 aromatic rings. The van der Waals surface area contributed by atoms with Crippen molar-refractivity contribution in [1.29, 1.82) is 0 Å². The molecular weight excluding hydrogens is 483 g/mol. The largest absolute Gasteiger partial charge is 0.497 e. The van der Waals surface area contributed by atoms with Crippen molar-refractivity contribution in [2.24, 2.45) is 5.10 Å². The number of nitrogens with zero attached hydrogens (tertiary/aromatic N) is 6. The summed E-state index contributed by atoms with van der Waals surface area (Å²) >= 11 is 0. The van der Waals surface area contributed by atoms with E-state index in [2.05, 4.69) is 40.5 Å². The molecule has 0 amide bonds. The minimum atomic E-state index is 0. The third-order valence-electron chi connectivity index (χ3n) is 5.69. The van der Waals surface area contributed by atoms with Crippen molar-refractivity contribution in [2.45, 2.75) is 6.54 Å². The van der Waals surface area contributed by atoms with E-state index in [1.54, 1.807) is 7.11 Å². The molecule has 176 valence electrons. The van der Waals surface area contributed by atoms with Crippen molar-refractivity contribution in [1.82, 2.24) is 24.7 Å². The molecule has 0 saturated carbocycles. The van der Waals surface area contributed by atoms with Gasteiger partial charge in [0.15, 0.2) is 5.82 Å². The number of fused-ring (bicyclic) bond motifs is 3. The molecule has 3 heterocycles. The fraction of sp³-hybridized carbons (Fsp3) is 0.0769. The number of methoxy groups -OCH3 is 1. The smallest absolute Gasteiger partial charge is 0.203 e. The summed E-state index contributed by atoms with van der Waals surface area (Å²) in [6, 6.07) is 30.1. The Hall–Kier alpha value is -3.94. The second kappa shape index (κ2) is 10.1. The highest BCUT2D eigenvalue weighted by molar-refractivity contribution is 6.01. The Morgan fingerprint density at radius 3 is 2.00 bits per heavy atom. The summed E-state index contributed by atoms with van der Waals surface area (Å²) in [4.78, 5) is 0. The Kier molecular flexibility index (Phi) is 7.00. The van der Waals surface area contributed by atoms with E-state index in [4.69, 9.17) is 14.9 Å². The molecule has 0 saturated heterocycles. The molecule has 2 aromatic heterocycles. The maximum Gasteiger partial charge on any atom is 0.203 e. The molecule has 0 spiro atoms. The van der Waals surface area contributed by atoms with Gasteiger partial charge in [0.1, 0.15) is 11.4 Å². The van der Waals surface area contributed by atoms with Crippen LogP contribution in [0.5, 0.6) is 5.75 Å². The number of aromatic nitrogens is 5. The molecule has 7 nitrogen and oxygen atoms in total. The summed E-state index contributed by atoms with van der Waals surface area (Å²) in [6.45, 7) is 0.525. The van der Waals surface area contributed by atoms with E-state index in [-0.39, 0.29) is 24.8 Å². The van der Waals surface area contributed by atoms with E-state index < -0.39 is 0 Å². The Morgan fingerprint density at radius 2 is 1.34 bits per heavy atom. The Balaban J connectivity index is 0.00000144. The zero-order valence-electron chi connectivity index (χ0n) is 18.8. The van der Waals surface area contributed by atoms with Crippen molar-refractivity contribution in [3.8, 4) is 39.9 Å². The first kappa shape index (κ1) is 24.2. The van der Waals surface area contributed by atoms with Gasteiger partial charge in [-0.15, -0.1) is 35.0 Å². The van der Waals surface area contributed by atoms with Gasteiger partial charge in [-0.1, -0.05) is 60.7 Å². The fourth-order valence-corrected chi connectivity index (χ4v) is 4.00. The molecule has 9 heteroatoms. The molecular formula is C26H22Cl2N6O. The van der Waals surface area contributed by atoms with Gasteiger partial charge in [0, 0.05) is 11.1 Å². The lowest BCUT2D eigenvalue weighted by Crippen LogP contribution is -2.13. The molecule has 0 radical (unpaired) electrons. The molecule has 0 atom stereocenters. The Labute approximate surface area is 214 Å². The average Bonchev–Trinajstić information content (AvgIpc) is 3.45. The monoisotopic (exact) mass is 504 g/mol. The van der Waals surface area contributed by atoms with Gasteiger partial charge in [-0.05, 0) is 35.9 Å². The minimum absolute atomic E-state index is 0. The number of halogens is 2. The zero-order chi connectivity index (χ0) is 22.2. The number of rotatable bonds is 4. The predicted octanol–water partition coefficient (Wildman–Crippen LogP) is 5.59. The van der Waals surface area contributed by atoms with E-state index in [0.717, 1.165) is 39.5 Å². The van der Waals surface area contributed by atoms with Crippen LogP contribution in [0.2, 0.25) is 0 Å². The van der Waals surface area contributed by atoms with E-state index in [9.17, 15) is 0 Å². The molecule has 0 fully saturated rings. The van der Waals surface area contributed by atoms with Gasteiger partial charge in [-0.25, -0.2) is 0 Å². The van der Waals surface area contributed by atoms with Crippen LogP contribution in [0.15, 0.2) is 96.1 Å². The molecule has 0 bridgehead atoms. The average molecular weight is 505 g/mol. The SMILES string of the molecule is COc1ccc(-c2nnc3n2N=C(c2ccccc2)Cn2nc(-c4ccccc4)cc2-3)cc1.Cl.Cl. The van der Waals surface area contributed by atoms with Crippen LogP contribution in [0.1, 0.15) is 5.56 Å². The number of benzene rings is 3. The summed E-state index contributed by atoms with van der Waals surface area (Å²) < 4.78 is 9.08. The number of hydrogen-bond acceptors (Lipinski definition) is 5. The molecule has 0 aliphatic carbocycles. The molecule has 0 N–H and O–H groups in total. The summed E-state index contributed by atoms with van der Waals surface area (Å²) in [5.74, 6) is 2.10. The minimum Gasteiger partial charge on any atom is -0.497 e. The highest BCUT2D eigenvalue weighted by Gasteiger charge is 2.25. The maximum atomic E-state index is 5.30. The highest BCUT2D eigenvalue weighted by Crippen LogP contribution is 2.31. The lowest BCUT2D eigenvalue weighted by atomic mass is 10.1. The fourth-order valence-electron chi connectivity index (χ4n) is 4.00. The van der Waals surface area contributed by atoms with Crippen LogP contribution in [-0.2, 0) is 6.54 Å². The van der Waals surface area contributed by atoms with Gasteiger partial charge in [-0.2, -0.15) is 14.9 Å². The van der Waals surface area contributed by atoms with Gasteiger partial charge in [0.2, 0.25) is 5.82 Å². The van der Waals surface area contributed by atoms with Crippen LogP contribution in [0.3, 0.4) is 0 Å². The molecule has 6 rings (SSSR count). The third-order valence-corrected chi connectivity index (χ3v) is 5.69. The summed E-state index contributed by atoms with van der Waals surface area (Å²) in [5, 5.41) is 18.9. The summed E-state index contributed by atoms with van der Waals surface area (Å²) in [5.41, 5.74) is 5.63. The van der Waals surface area contributed by atoms with Gasteiger partial charge < -0.3 is 4.74 Å². The van der Waals surface area contributed by atoms with Gasteiger partial charge in [0.25, 0.3) is 0 Å². The summed E-state index contributed by atoms with van der Waals surface area (Å²) in [7, 11) is 1.65. The first-order valence-corrected chi connectivity index (χ1v) is 10.7. The molecule has 1 aliphatic rings. The highest BCUT2D eigenvalue weighted by atomic mass is 35.5. The lowest BCUT2D eigenvalue weighted by Gasteiger charge is -2.07. The molecule has 0 unspecified atom stereocenters. The van der Waals surface area contributed by atoms with E-state index >= 15 is 0 Å². The van der Waals surface area contributed by atoms with Crippen LogP contribution in [0.4, 0.5) is 0 Å². The van der Waals surface area contributed by atoms with Crippen molar-refractivity contribution in [3.05, 3.63) is 96.6 Å². The van der Waals surface area contributed by atoms with Crippen LogP contribution < -0.4 is 4.74 Å². The molecule has 35 heavy (non-hydrogen) atoms. The standard InChI is InChI=1S/C26H20N6O.2ClH/c1-33-21-14-12-20(13-15-21)25-27-28-26-24-16-22(18-8-4-2-5-9-18)29-31(24)17-23(30-32(25)26)19-10-6-3-7-11-19;;/h2-16H,17H2,1H3;2*1H. The van der Waals surface area contributed by atoms with Gasteiger partial charge in [-0.3, -0.25) is 4.68 Å². The third kappa shape index (κ3) is 4.43. The molecule has 3 aromatic carbocycles. The number of ether oxygens (including phenoxy) is 1.